The smallest absolute Gasteiger partial charge is 0.145 e. The zero-order valence-electron chi connectivity index (χ0n) is 7.96. The fourth-order valence-corrected chi connectivity index (χ4v) is 1.61. The molecule has 1 N–H and O–H groups in total. The van der Waals surface area contributed by atoms with Crippen LogP contribution in [0, 0.1) is 0 Å². The first-order valence-corrected chi connectivity index (χ1v) is 5.36. The van der Waals surface area contributed by atoms with Gasteiger partial charge >= 0.3 is 0 Å². The number of benzene rings is 1. The Balaban J connectivity index is 2.00. The zero-order valence-corrected chi connectivity index (χ0v) is 9.48. The first-order valence-electron chi connectivity index (χ1n) is 4.61. The maximum absolute atomic E-state index is 5.94. The van der Waals surface area contributed by atoms with Crippen LogP contribution in [0.25, 0.3) is 0 Å². The van der Waals surface area contributed by atoms with Gasteiger partial charge in [0.2, 0.25) is 0 Å². The van der Waals surface area contributed by atoms with Gasteiger partial charge in [0.1, 0.15) is 18.2 Å². The van der Waals surface area contributed by atoms with Gasteiger partial charge in [0, 0.05) is 17.6 Å². The number of hydrogen-bond acceptors (Lipinski definition) is 3. The van der Waals surface area contributed by atoms with E-state index in [1.807, 2.05) is 0 Å². The van der Waals surface area contributed by atoms with Crippen molar-refractivity contribution in [1.29, 1.82) is 0 Å². The van der Waals surface area contributed by atoms with Crippen LogP contribution in [-0.2, 0) is 0 Å². The molecule has 15 heavy (non-hydrogen) atoms. The van der Waals surface area contributed by atoms with Crippen molar-refractivity contribution < 1.29 is 4.74 Å². The van der Waals surface area contributed by atoms with E-state index in [9.17, 15) is 0 Å². The van der Waals surface area contributed by atoms with E-state index in [-0.39, 0.29) is 0 Å². The van der Waals surface area contributed by atoms with Crippen molar-refractivity contribution in [3.63, 3.8) is 0 Å². The normalized spacial score (nSPS) is 14.7. The highest BCUT2D eigenvalue weighted by Crippen LogP contribution is 2.27. The summed E-state index contributed by atoms with van der Waals surface area (Å²) in [4.78, 5) is 4.21. The molecular weight excluding hydrogens is 235 g/mol. The van der Waals surface area contributed by atoms with E-state index >= 15 is 0 Å². The van der Waals surface area contributed by atoms with Crippen LogP contribution in [0.2, 0.25) is 10.0 Å². The van der Waals surface area contributed by atoms with Crippen LogP contribution in [0.3, 0.4) is 0 Å². The molecule has 0 amide bonds. The largest absolute Gasteiger partial charge is 0.484 e. The number of halogens is 2. The van der Waals surface area contributed by atoms with E-state index in [0.29, 0.717) is 22.4 Å². The van der Waals surface area contributed by atoms with Crippen molar-refractivity contribution >= 4 is 29.0 Å². The topological polar surface area (TPSA) is 33.6 Å². The van der Waals surface area contributed by atoms with Crippen LogP contribution < -0.4 is 10.1 Å². The predicted octanol–water partition coefficient (Wildman–Crippen LogP) is 2.37. The van der Waals surface area contributed by atoms with E-state index in [4.69, 9.17) is 27.9 Å². The van der Waals surface area contributed by atoms with Gasteiger partial charge in [-0.05, 0) is 12.1 Å². The minimum atomic E-state index is 0.403. The molecular formula is C10H10Cl2N2O. The van der Waals surface area contributed by atoms with Gasteiger partial charge in [-0.15, -0.1) is 0 Å². The lowest BCUT2D eigenvalue weighted by Crippen LogP contribution is -2.24. The van der Waals surface area contributed by atoms with Crippen LogP contribution in [-0.4, -0.2) is 25.5 Å². The summed E-state index contributed by atoms with van der Waals surface area (Å²) < 4.78 is 5.49. The highest BCUT2D eigenvalue weighted by Gasteiger charge is 2.07. The summed E-state index contributed by atoms with van der Waals surface area (Å²) in [6.07, 6.45) is 0. The molecule has 0 spiro atoms. The highest BCUT2D eigenvalue weighted by molar-refractivity contribution is 6.34. The Kier molecular flexibility index (Phi) is 3.34. The van der Waals surface area contributed by atoms with Gasteiger partial charge in [0.15, 0.2) is 0 Å². The second-order valence-electron chi connectivity index (χ2n) is 3.12. The standard InChI is InChI=1S/C10H10Cl2N2O/c11-7-1-2-8(12)9(5-7)15-6-10-13-3-4-14-10/h1-2,5H,3-4,6H2,(H,13,14). The Morgan fingerprint density at radius 3 is 3.00 bits per heavy atom. The SMILES string of the molecule is Clc1ccc(Cl)c(OCC2=NCCN2)c1. The molecule has 1 aromatic carbocycles. The summed E-state index contributed by atoms with van der Waals surface area (Å²) in [5.74, 6) is 1.44. The Morgan fingerprint density at radius 2 is 2.27 bits per heavy atom. The van der Waals surface area contributed by atoms with Crippen LogP contribution >= 0.6 is 23.2 Å². The van der Waals surface area contributed by atoms with Gasteiger partial charge < -0.3 is 10.1 Å². The molecule has 0 atom stereocenters. The lowest BCUT2D eigenvalue weighted by molar-refractivity contribution is 0.374. The summed E-state index contributed by atoms with van der Waals surface area (Å²) in [7, 11) is 0. The van der Waals surface area contributed by atoms with Crippen molar-refractivity contribution in [3.8, 4) is 5.75 Å². The third-order valence-electron chi connectivity index (χ3n) is 2.00. The van der Waals surface area contributed by atoms with E-state index < -0.39 is 0 Å². The minimum absolute atomic E-state index is 0.403. The second kappa shape index (κ2) is 4.73. The van der Waals surface area contributed by atoms with Crippen LogP contribution in [0.4, 0.5) is 0 Å². The van der Waals surface area contributed by atoms with Crippen LogP contribution in [0.5, 0.6) is 5.75 Å². The fourth-order valence-electron chi connectivity index (χ4n) is 1.28. The van der Waals surface area contributed by atoms with E-state index in [0.717, 1.165) is 18.9 Å². The van der Waals surface area contributed by atoms with Gasteiger partial charge in [0.05, 0.1) is 11.6 Å². The molecule has 0 saturated heterocycles. The minimum Gasteiger partial charge on any atom is -0.484 e. The molecule has 1 aliphatic heterocycles. The summed E-state index contributed by atoms with van der Waals surface area (Å²) in [5, 5.41) is 4.27. The number of amidine groups is 1. The molecule has 0 aliphatic carbocycles. The highest BCUT2D eigenvalue weighted by atomic mass is 35.5. The maximum Gasteiger partial charge on any atom is 0.145 e. The summed E-state index contributed by atoms with van der Waals surface area (Å²) >= 11 is 11.8. The van der Waals surface area contributed by atoms with Gasteiger partial charge in [0.25, 0.3) is 0 Å². The van der Waals surface area contributed by atoms with Gasteiger partial charge in [-0.2, -0.15) is 0 Å². The Hall–Kier alpha value is -0.930. The molecule has 1 aromatic rings. The maximum atomic E-state index is 5.94. The lowest BCUT2D eigenvalue weighted by Gasteiger charge is -2.08. The number of hydrogen-bond donors (Lipinski definition) is 1. The van der Waals surface area contributed by atoms with Crippen LogP contribution in [0.1, 0.15) is 0 Å². The number of rotatable bonds is 3. The zero-order chi connectivity index (χ0) is 10.7. The molecule has 3 nitrogen and oxygen atoms in total. The van der Waals surface area contributed by atoms with Crippen molar-refractivity contribution in [2.45, 2.75) is 0 Å². The fraction of sp³-hybridized carbons (Fsp3) is 0.300. The Labute approximate surface area is 98.1 Å². The van der Waals surface area contributed by atoms with E-state index in [1.165, 1.54) is 0 Å². The number of nitrogens with zero attached hydrogens (tertiary/aromatic N) is 1. The molecule has 1 heterocycles. The van der Waals surface area contributed by atoms with E-state index in [2.05, 4.69) is 10.3 Å². The molecule has 2 rings (SSSR count). The van der Waals surface area contributed by atoms with Crippen molar-refractivity contribution in [3.05, 3.63) is 28.2 Å². The third-order valence-corrected chi connectivity index (χ3v) is 2.55. The molecule has 1 aliphatic rings. The molecule has 0 saturated carbocycles. The molecule has 80 valence electrons. The molecule has 0 aromatic heterocycles. The average Bonchev–Trinajstić information content (AvgIpc) is 2.72. The second-order valence-corrected chi connectivity index (χ2v) is 3.96. The third kappa shape index (κ3) is 2.76. The Bertz CT molecular complexity index is 393. The molecule has 0 radical (unpaired) electrons. The quantitative estimate of drug-likeness (QED) is 0.886. The van der Waals surface area contributed by atoms with Gasteiger partial charge in [-0.3, -0.25) is 4.99 Å². The number of nitrogens with one attached hydrogen (secondary N) is 1. The number of ether oxygens (including phenoxy) is 1. The van der Waals surface area contributed by atoms with Crippen LogP contribution in [0.15, 0.2) is 23.2 Å². The summed E-state index contributed by atoms with van der Waals surface area (Å²) in [5.41, 5.74) is 0. The van der Waals surface area contributed by atoms with Gasteiger partial charge in [-0.1, -0.05) is 23.2 Å². The molecule has 0 unspecified atom stereocenters. The van der Waals surface area contributed by atoms with Crippen molar-refractivity contribution in [2.24, 2.45) is 4.99 Å². The summed E-state index contributed by atoms with van der Waals surface area (Å²) in [6, 6.07) is 5.13. The predicted molar refractivity (Wildman–Crippen MR) is 62.3 cm³/mol. The van der Waals surface area contributed by atoms with E-state index in [1.54, 1.807) is 18.2 Å². The molecule has 0 bridgehead atoms. The summed E-state index contributed by atoms with van der Waals surface area (Å²) in [6.45, 7) is 2.09. The molecule has 5 heteroatoms. The van der Waals surface area contributed by atoms with Gasteiger partial charge in [-0.25, -0.2) is 0 Å². The first-order chi connectivity index (χ1) is 7.25. The van der Waals surface area contributed by atoms with Crippen molar-refractivity contribution in [1.82, 2.24) is 5.32 Å². The molecule has 0 fully saturated rings. The lowest BCUT2D eigenvalue weighted by atomic mass is 10.3. The van der Waals surface area contributed by atoms with Crippen molar-refractivity contribution in [2.75, 3.05) is 19.7 Å². The monoisotopic (exact) mass is 244 g/mol. The Morgan fingerprint density at radius 1 is 1.40 bits per heavy atom. The first kappa shape index (κ1) is 10.6. The number of aliphatic imine (C=N–C) groups is 1. The average molecular weight is 245 g/mol.